The predicted octanol–water partition coefficient (Wildman–Crippen LogP) is 4.70. The molecule has 0 aliphatic carbocycles. The molecule has 1 aliphatic heterocycles. The second-order valence-corrected chi connectivity index (χ2v) is 10.5. The number of carboxylic acid groups (broad SMARTS) is 1. The number of halogens is 2. The van der Waals surface area contributed by atoms with Crippen LogP contribution in [0.3, 0.4) is 0 Å². The van der Waals surface area contributed by atoms with Crippen molar-refractivity contribution in [2.75, 3.05) is 18.0 Å². The molecule has 0 bridgehead atoms. The molecule has 3 aromatic heterocycles. The molecule has 0 unspecified atom stereocenters. The lowest BCUT2D eigenvalue weighted by molar-refractivity contribution is 0.0981. The van der Waals surface area contributed by atoms with Crippen LogP contribution in [-0.2, 0) is 0 Å². The first-order valence-corrected chi connectivity index (χ1v) is 12.6. The van der Waals surface area contributed by atoms with E-state index in [9.17, 15) is 14.7 Å². The number of rotatable bonds is 4. The van der Waals surface area contributed by atoms with Gasteiger partial charge in [0.05, 0.1) is 39.6 Å². The summed E-state index contributed by atoms with van der Waals surface area (Å²) < 4.78 is 1.42. The van der Waals surface area contributed by atoms with E-state index in [1.54, 1.807) is 6.07 Å². The van der Waals surface area contributed by atoms with Crippen LogP contribution in [-0.4, -0.2) is 65.8 Å². The lowest BCUT2D eigenvalue weighted by Gasteiger charge is -2.43. The van der Waals surface area contributed by atoms with Gasteiger partial charge in [-0.05, 0) is 31.7 Å². The third-order valence-electron chi connectivity index (χ3n) is 6.39. The normalized spacial score (nSPS) is 18.5. The van der Waals surface area contributed by atoms with Crippen LogP contribution in [0.15, 0.2) is 17.2 Å². The molecule has 2 atom stereocenters. The summed E-state index contributed by atoms with van der Waals surface area (Å²) in [6.45, 7) is 12.3. The Bertz CT molecular complexity index is 1350. The first kappa shape index (κ1) is 26.1. The second-order valence-electron chi connectivity index (χ2n) is 9.78. The molecule has 12 heteroatoms. The van der Waals surface area contributed by atoms with E-state index in [2.05, 4.69) is 19.9 Å². The van der Waals surface area contributed by atoms with Crippen LogP contribution in [0.4, 0.5) is 10.6 Å². The fourth-order valence-electron chi connectivity index (χ4n) is 4.88. The molecule has 1 saturated heterocycles. The molecule has 0 saturated carbocycles. The highest BCUT2D eigenvalue weighted by Crippen LogP contribution is 2.34. The van der Waals surface area contributed by atoms with E-state index in [4.69, 9.17) is 23.2 Å². The Labute approximate surface area is 218 Å². The van der Waals surface area contributed by atoms with Gasteiger partial charge < -0.3 is 10.0 Å². The Morgan fingerprint density at radius 2 is 1.58 bits per heavy atom. The molecular formula is C24H29Cl2N7O3. The van der Waals surface area contributed by atoms with Crippen molar-refractivity contribution in [1.82, 2.24) is 29.4 Å². The number of hydrogen-bond donors (Lipinski definition) is 1. The highest BCUT2D eigenvalue weighted by molar-refractivity contribution is 6.41. The molecule has 1 amide bonds. The number of hydrogen-bond acceptors (Lipinski definition) is 7. The van der Waals surface area contributed by atoms with E-state index in [-0.39, 0.29) is 34.1 Å². The van der Waals surface area contributed by atoms with Crippen LogP contribution >= 0.6 is 23.2 Å². The standard InChI is InChI=1S/C24H29Cl2N7O3/c1-11(2)17-19(18(12(3)4)28-10-27-17)33-22-15(7-16(25)20(26)29-22)21(30-23(33)34)31-8-13(5)32(24(35)36)14(6)9-31/h7,10-14H,8-9H2,1-6H3,(H,35,36)/t13-,14+. The molecule has 1 aliphatic rings. The highest BCUT2D eigenvalue weighted by atomic mass is 35.5. The first-order valence-electron chi connectivity index (χ1n) is 11.8. The smallest absolute Gasteiger partial charge is 0.407 e. The van der Waals surface area contributed by atoms with Crippen molar-refractivity contribution >= 4 is 46.1 Å². The minimum atomic E-state index is -0.981. The molecular weight excluding hydrogens is 505 g/mol. The number of nitrogens with zero attached hydrogens (tertiary/aromatic N) is 7. The number of fused-ring (bicyclic) bond motifs is 1. The van der Waals surface area contributed by atoms with Crippen molar-refractivity contribution in [3.63, 3.8) is 0 Å². The molecule has 0 radical (unpaired) electrons. The minimum Gasteiger partial charge on any atom is -0.465 e. The zero-order valence-corrected chi connectivity index (χ0v) is 22.5. The average Bonchev–Trinajstić information content (AvgIpc) is 2.78. The molecule has 10 nitrogen and oxygen atoms in total. The number of amides is 1. The van der Waals surface area contributed by atoms with Gasteiger partial charge in [-0.2, -0.15) is 4.98 Å². The maximum absolute atomic E-state index is 13.7. The highest BCUT2D eigenvalue weighted by Gasteiger charge is 2.35. The van der Waals surface area contributed by atoms with E-state index in [0.717, 1.165) is 0 Å². The van der Waals surface area contributed by atoms with E-state index in [1.807, 2.05) is 46.4 Å². The largest absolute Gasteiger partial charge is 0.465 e. The summed E-state index contributed by atoms with van der Waals surface area (Å²) in [4.78, 5) is 46.7. The van der Waals surface area contributed by atoms with Crippen LogP contribution in [0.25, 0.3) is 16.7 Å². The van der Waals surface area contributed by atoms with E-state index in [1.165, 1.54) is 15.8 Å². The summed E-state index contributed by atoms with van der Waals surface area (Å²) in [5.74, 6) is 0.376. The first-order chi connectivity index (χ1) is 16.9. The van der Waals surface area contributed by atoms with Crippen molar-refractivity contribution in [1.29, 1.82) is 0 Å². The van der Waals surface area contributed by atoms with Gasteiger partial charge in [0.25, 0.3) is 0 Å². The Morgan fingerprint density at radius 3 is 2.08 bits per heavy atom. The summed E-state index contributed by atoms with van der Waals surface area (Å²) in [5.41, 5.74) is 1.66. The molecule has 36 heavy (non-hydrogen) atoms. The van der Waals surface area contributed by atoms with Crippen LogP contribution < -0.4 is 10.6 Å². The number of aromatic nitrogens is 5. The van der Waals surface area contributed by atoms with Gasteiger partial charge in [-0.1, -0.05) is 50.9 Å². The summed E-state index contributed by atoms with van der Waals surface area (Å²) in [6.07, 6.45) is 0.524. The third-order valence-corrected chi connectivity index (χ3v) is 7.07. The van der Waals surface area contributed by atoms with Crippen molar-refractivity contribution in [3.05, 3.63) is 44.4 Å². The summed E-state index contributed by atoms with van der Waals surface area (Å²) >= 11 is 12.7. The number of piperazine rings is 1. The van der Waals surface area contributed by atoms with Crippen LogP contribution in [0.1, 0.15) is 64.8 Å². The van der Waals surface area contributed by atoms with Gasteiger partial charge in [0, 0.05) is 13.1 Å². The summed E-state index contributed by atoms with van der Waals surface area (Å²) in [6, 6.07) is 1.02. The van der Waals surface area contributed by atoms with E-state index in [0.29, 0.717) is 47.0 Å². The lowest BCUT2D eigenvalue weighted by Crippen LogP contribution is -2.58. The van der Waals surface area contributed by atoms with Gasteiger partial charge >= 0.3 is 11.8 Å². The monoisotopic (exact) mass is 533 g/mol. The van der Waals surface area contributed by atoms with Gasteiger partial charge in [-0.15, -0.1) is 0 Å². The van der Waals surface area contributed by atoms with Crippen molar-refractivity contribution in [3.8, 4) is 5.69 Å². The fraction of sp³-hybridized carbons (Fsp3) is 0.500. The molecule has 192 valence electrons. The quantitative estimate of drug-likeness (QED) is 0.479. The van der Waals surface area contributed by atoms with Crippen LogP contribution in [0.5, 0.6) is 0 Å². The lowest BCUT2D eigenvalue weighted by atomic mass is 10.0. The fourth-order valence-corrected chi connectivity index (χ4v) is 5.17. The molecule has 4 heterocycles. The van der Waals surface area contributed by atoms with Crippen molar-refractivity contribution in [2.24, 2.45) is 0 Å². The number of anilines is 1. The Balaban J connectivity index is 2.02. The second kappa shape index (κ2) is 9.82. The van der Waals surface area contributed by atoms with Gasteiger partial charge in [0.2, 0.25) is 0 Å². The SMILES string of the molecule is CC(C)c1ncnc(C(C)C)c1-n1c(=O)nc(N2C[C@@H](C)N(C(=O)O)[C@@H](C)C2)c2cc(Cl)c(Cl)nc21. The average molecular weight is 534 g/mol. The summed E-state index contributed by atoms with van der Waals surface area (Å²) in [5, 5.41) is 10.4. The van der Waals surface area contributed by atoms with Gasteiger partial charge in [-0.3, -0.25) is 4.90 Å². The van der Waals surface area contributed by atoms with Gasteiger partial charge in [-0.25, -0.2) is 29.1 Å². The topological polar surface area (TPSA) is 117 Å². The third kappa shape index (κ3) is 4.48. The molecule has 1 fully saturated rings. The maximum Gasteiger partial charge on any atom is 0.407 e. The molecule has 0 spiro atoms. The predicted molar refractivity (Wildman–Crippen MR) is 140 cm³/mol. The zero-order valence-electron chi connectivity index (χ0n) is 21.0. The van der Waals surface area contributed by atoms with Gasteiger partial charge in [0.15, 0.2) is 5.65 Å². The molecule has 4 rings (SSSR count). The van der Waals surface area contributed by atoms with Crippen LogP contribution in [0.2, 0.25) is 10.2 Å². The van der Waals surface area contributed by atoms with Crippen molar-refractivity contribution in [2.45, 2.75) is 65.5 Å². The van der Waals surface area contributed by atoms with Gasteiger partial charge in [0.1, 0.15) is 17.3 Å². The summed E-state index contributed by atoms with van der Waals surface area (Å²) in [7, 11) is 0. The Hall–Kier alpha value is -2.98. The molecule has 3 aromatic rings. The number of pyridine rings is 1. The van der Waals surface area contributed by atoms with Crippen molar-refractivity contribution < 1.29 is 9.90 Å². The zero-order chi connectivity index (χ0) is 26.5. The molecule has 1 N–H and O–H groups in total. The van der Waals surface area contributed by atoms with E-state index >= 15 is 0 Å². The molecule has 0 aromatic carbocycles. The Kier molecular flexibility index (Phi) is 7.12. The van der Waals surface area contributed by atoms with E-state index < -0.39 is 11.8 Å². The van der Waals surface area contributed by atoms with Crippen LogP contribution in [0, 0.1) is 0 Å². The Morgan fingerprint density at radius 1 is 1.03 bits per heavy atom. The number of carbonyl (C=O) groups is 1. The maximum atomic E-state index is 13.7. The minimum absolute atomic E-state index is 0.00399.